The van der Waals surface area contributed by atoms with Crippen molar-refractivity contribution < 1.29 is 22.7 Å². The lowest BCUT2D eigenvalue weighted by molar-refractivity contribution is -0.137. The minimum atomic E-state index is -4.41. The molecule has 2 aromatic carbocycles. The number of aromatic nitrogens is 1. The first-order chi connectivity index (χ1) is 15.4. The van der Waals surface area contributed by atoms with Gasteiger partial charge in [0.25, 0.3) is 5.91 Å². The Labute approximate surface area is 184 Å². The summed E-state index contributed by atoms with van der Waals surface area (Å²) < 4.78 is 44.1. The first-order valence-electron chi connectivity index (χ1n) is 10.3. The number of nitrogens with zero attached hydrogens (tertiary/aromatic N) is 3. The predicted octanol–water partition coefficient (Wildman–Crippen LogP) is 5.25. The summed E-state index contributed by atoms with van der Waals surface area (Å²) in [6, 6.07) is 18.8. The molecule has 3 aromatic rings. The summed E-state index contributed by atoms with van der Waals surface area (Å²) in [5, 5.41) is 0. The number of para-hydroxylation sites is 1. The number of carbonyl (C=O) groups is 1. The fraction of sp³-hybridized carbons (Fsp3) is 0.250. The van der Waals surface area contributed by atoms with E-state index in [0.717, 1.165) is 12.3 Å². The molecule has 4 rings (SSSR count). The van der Waals surface area contributed by atoms with Gasteiger partial charge in [0.05, 0.1) is 5.56 Å². The van der Waals surface area contributed by atoms with Crippen LogP contribution in [0.1, 0.15) is 22.3 Å². The zero-order chi connectivity index (χ0) is 22.6. The van der Waals surface area contributed by atoms with Gasteiger partial charge >= 0.3 is 6.18 Å². The van der Waals surface area contributed by atoms with Gasteiger partial charge in [-0.2, -0.15) is 13.2 Å². The molecular weight excluding hydrogens is 419 g/mol. The number of benzene rings is 2. The average molecular weight is 441 g/mol. The first kappa shape index (κ1) is 21.7. The maximum Gasteiger partial charge on any atom is 0.417 e. The zero-order valence-corrected chi connectivity index (χ0v) is 17.3. The van der Waals surface area contributed by atoms with Crippen molar-refractivity contribution in [2.24, 2.45) is 0 Å². The van der Waals surface area contributed by atoms with Crippen LogP contribution >= 0.6 is 0 Å². The van der Waals surface area contributed by atoms with Crippen molar-refractivity contribution in [3.63, 3.8) is 0 Å². The van der Waals surface area contributed by atoms with Gasteiger partial charge in [-0.15, -0.1) is 0 Å². The molecule has 1 aliphatic heterocycles. The number of ether oxygens (including phenoxy) is 1. The highest BCUT2D eigenvalue weighted by Gasteiger charge is 2.31. The molecular formula is C24H22F3N3O2. The Bertz CT molecular complexity index is 1060. The lowest BCUT2D eigenvalue weighted by atomic mass is 10.2. The lowest BCUT2D eigenvalue weighted by Crippen LogP contribution is -2.35. The molecule has 0 N–H and O–H groups in total. The fourth-order valence-corrected chi connectivity index (χ4v) is 3.59. The second-order valence-electron chi connectivity index (χ2n) is 7.48. The number of alkyl halides is 3. The zero-order valence-electron chi connectivity index (χ0n) is 17.3. The molecule has 0 radical (unpaired) electrons. The standard InChI is InChI=1S/C24H22F3N3O2/c25-24(26,27)19-10-11-22(28-17-19)29-12-5-13-30(15-14-29)23(31)18-6-4-9-21(16-18)32-20-7-2-1-3-8-20/h1-4,6-11,16-17H,5,12-15H2. The SMILES string of the molecule is O=C(c1cccc(Oc2ccccc2)c1)N1CCCN(c2ccc(C(F)(F)F)cn2)CC1. The fourth-order valence-electron chi connectivity index (χ4n) is 3.59. The van der Waals surface area contributed by atoms with Gasteiger partial charge in [-0.25, -0.2) is 4.98 Å². The Morgan fingerprint density at radius 1 is 0.875 bits per heavy atom. The quantitative estimate of drug-likeness (QED) is 0.555. The van der Waals surface area contributed by atoms with Crippen LogP contribution in [0, 0.1) is 0 Å². The molecule has 1 fully saturated rings. The summed E-state index contributed by atoms with van der Waals surface area (Å²) in [6.45, 7) is 2.11. The minimum Gasteiger partial charge on any atom is -0.457 e. The second-order valence-corrected chi connectivity index (χ2v) is 7.48. The van der Waals surface area contributed by atoms with Crippen LogP contribution in [-0.2, 0) is 6.18 Å². The van der Waals surface area contributed by atoms with Crippen LogP contribution in [-0.4, -0.2) is 42.0 Å². The third-order valence-electron chi connectivity index (χ3n) is 5.24. The van der Waals surface area contributed by atoms with Crippen molar-refractivity contribution in [1.82, 2.24) is 9.88 Å². The third kappa shape index (κ3) is 5.19. The number of halogens is 3. The molecule has 166 valence electrons. The molecule has 8 heteroatoms. The van der Waals surface area contributed by atoms with E-state index in [1.165, 1.54) is 6.07 Å². The molecule has 32 heavy (non-hydrogen) atoms. The van der Waals surface area contributed by atoms with E-state index >= 15 is 0 Å². The van der Waals surface area contributed by atoms with E-state index in [4.69, 9.17) is 4.74 Å². The molecule has 1 saturated heterocycles. The molecule has 2 heterocycles. The molecule has 0 spiro atoms. The van der Waals surface area contributed by atoms with Crippen molar-refractivity contribution in [3.05, 3.63) is 84.1 Å². The number of amides is 1. The van der Waals surface area contributed by atoms with Crippen LogP contribution in [0.5, 0.6) is 11.5 Å². The van der Waals surface area contributed by atoms with Gasteiger partial charge in [0.1, 0.15) is 17.3 Å². The van der Waals surface area contributed by atoms with E-state index in [1.54, 1.807) is 29.2 Å². The van der Waals surface area contributed by atoms with E-state index in [-0.39, 0.29) is 5.91 Å². The van der Waals surface area contributed by atoms with Gasteiger partial charge in [-0.1, -0.05) is 24.3 Å². The maximum absolute atomic E-state index is 13.1. The van der Waals surface area contributed by atoms with E-state index in [0.29, 0.717) is 55.5 Å². The van der Waals surface area contributed by atoms with E-state index in [2.05, 4.69) is 4.98 Å². The molecule has 5 nitrogen and oxygen atoms in total. The number of pyridine rings is 1. The van der Waals surface area contributed by atoms with Gasteiger partial charge in [0, 0.05) is 37.9 Å². The van der Waals surface area contributed by atoms with Gasteiger partial charge < -0.3 is 14.5 Å². The van der Waals surface area contributed by atoms with Gasteiger partial charge in [0.2, 0.25) is 0 Å². The van der Waals surface area contributed by atoms with Gasteiger partial charge in [-0.05, 0) is 48.9 Å². The van der Waals surface area contributed by atoms with Crippen molar-refractivity contribution in [2.45, 2.75) is 12.6 Å². The number of carbonyl (C=O) groups excluding carboxylic acids is 1. The summed E-state index contributed by atoms with van der Waals surface area (Å²) >= 11 is 0. The molecule has 0 aliphatic carbocycles. The maximum atomic E-state index is 13.1. The minimum absolute atomic E-state index is 0.106. The van der Waals surface area contributed by atoms with Crippen molar-refractivity contribution in [2.75, 3.05) is 31.1 Å². The Kier molecular flexibility index (Phi) is 6.30. The third-order valence-corrected chi connectivity index (χ3v) is 5.24. The molecule has 0 atom stereocenters. The highest BCUT2D eigenvalue weighted by Crippen LogP contribution is 2.29. The van der Waals surface area contributed by atoms with E-state index in [1.807, 2.05) is 35.2 Å². The summed E-state index contributed by atoms with van der Waals surface area (Å²) in [7, 11) is 0. The summed E-state index contributed by atoms with van der Waals surface area (Å²) in [4.78, 5) is 20.7. The number of hydrogen-bond donors (Lipinski definition) is 0. The topological polar surface area (TPSA) is 45.7 Å². The summed E-state index contributed by atoms with van der Waals surface area (Å²) in [5.74, 6) is 1.63. The van der Waals surface area contributed by atoms with E-state index in [9.17, 15) is 18.0 Å². The average Bonchev–Trinajstić information content (AvgIpc) is 3.05. The van der Waals surface area contributed by atoms with E-state index < -0.39 is 11.7 Å². The van der Waals surface area contributed by atoms with Crippen LogP contribution in [0.3, 0.4) is 0 Å². The lowest BCUT2D eigenvalue weighted by Gasteiger charge is -2.23. The van der Waals surface area contributed by atoms with Crippen LogP contribution in [0.25, 0.3) is 0 Å². The van der Waals surface area contributed by atoms with Crippen molar-refractivity contribution in [3.8, 4) is 11.5 Å². The Hall–Kier alpha value is -3.55. The molecule has 0 unspecified atom stereocenters. The molecule has 0 saturated carbocycles. The second kappa shape index (κ2) is 9.30. The molecule has 0 bridgehead atoms. The van der Waals surface area contributed by atoms with Crippen molar-refractivity contribution >= 4 is 11.7 Å². The number of hydrogen-bond acceptors (Lipinski definition) is 4. The molecule has 1 aromatic heterocycles. The van der Waals surface area contributed by atoms with Crippen molar-refractivity contribution in [1.29, 1.82) is 0 Å². The van der Waals surface area contributed by atoms with Crippen LogP contribution < -0.4 is 9.64 Å². The van der Waals surface area contributed by atoms with Gasteiger partial charge in [0.15, 0.2) is 0 Å². The monoisotopic (exact) mass is 441 g/mol. The van der Waals surface area contributed by atoms with Crippen LogP contribution in [0.4, 0.5) is 19.0 Å². The highest BCUT2D eigenvalue weighted by molar-refractivity contribution is 5.94. The molecule has 1 aliphatic rings. The Morgan fingerprint density at radius 3 is 2.38 bits per heavy atom. The smallest absolute Gasteiger partial charge is 0.417 e. The Morgan fingerprint density at radius 2 is 1.66 bits per heavy atom. The summed E-state index contributed by atoms with van der Waals surface area (Å²) in [6.07, 6.45) is -2.87. The highest BCUT2D eigenvalue weighted by atomic mass is 19.4. The van der Waals surface area contributed by atoms with Crippen LogP contribution in [0.15, 0.2) is 72.9 Å². The summed E-state index contributed by atoms with van der Waals surface area (Å²) in [5.41, 5.74) is -0.245. The Balaban J connectivity index is 1.41. The number of rotatable bonds is 4. The van der Waals surface area contributed by atoms with Gasteiger partial charge in [-0.3, -0.25) is 4.79 Å². The normalized spacial score (nSPS) is 14.7. The largest absolute Gasteiger partial charge is 0.457 e. The first-order valence-corrected chi connectivity index (χ1v) is 10.3. The number of anilines is 1. The van der Waals surface area contributed by atoms with Crippen LogP contribution in [0.2, 0.25) is 0 Å². The predicted molar refractivity (Wildman–Crippen MR) is 115 cm³/mol. The molecule has 1 amide bonds.